The van der Waals surface area contributed by atoms with E-state index in [0.29, 0.717) is 17.7 Å². The maximum atomic E-state index is 11.9. The smallest absolute Gasteiger partial charge is 0.172 e. The van der Waals surface area contributed by atoms with Crippen molar-refractivity contribution in [1.82, 2.24) is 4.98 Å². The number of rotatable bonds is 5. The summed E-state index contributed by atoms with van der Waals surface area (Å²) >= 11 is 0. The van der Waals surface area contributed by atoms with Crippen LogP contribution in [0.1, 0.15) is 37.0 Å². The number of sulfone groups is 1. The van der Waals surface area contributed by atoms with Gasteiger partial charge in [-0.25, -0.2) is 13.4 Å². The minimum Gasteiger partial charge on any atom is -0.490 e. The topological polar surface area (TPSA) is 73.3 Å². The van der Waals surface area contributed by atoms with E-state index in [4.69, 9.17) is 4.74 Å². The van der Waals surface area contributed by atoms with Crippen LogP contribution in [-0.2, 0) is 9.84 Å². The quantitative estimate of drug-likeness (QED) is 0.771. The summed E-state index contributed by atoms with van der Waals surface area (Å²) in [7, 11) is -3.23. The van der Waals surface area contributed by atoms with Crippen LogP contribution in [0.15, 0.2) is 12.1 Å². The molecule has 1 aromatic heterocycles. The molecule has 0 saturated carbocycles. The van der Waals surface area contributed by atoms with Crippen molar-refractivity contribution >= 4 is 16.1 Å². The van der Waals surface area contributed by atoms with Crippen molar-refractivity contribution in [1.29, 1.82) is 0 Å². The molecule has 0 N–H and O–H groups in total. The molecule has 0 aliphatic carbocycles. The summed E-state index contributed by atoms with van der Waals surface area (Å²) in [5.74, 6) is 0.215. The molecule has 0 spiro atoms. The molecule has 0 atom stereocenters. The summed E-state index contributed by atoms with van der Waals surface area (Å²) in [6.07, 6.45) is 0.598. The molecule has 0 unspecified atom stereocenters. The Hall–Kier alpha value is -1.43. The highest BCUT2D eigenvalue weighted by Crippen LogP contribution is 2.18. The Kier molecular flexibility index (Phi) is 4.68. The molecular weight excluding hydrogens is 266 g/mol. The predicted octanol–water partition coefficient (Wildman–Crippen LogP) is 1.79. The van der Waals surface area contributed by atoms with Crippen LogP contribution < -0.4 is 4.74 Å². The third-order valence-corrected chi connectivity index (χ3v) is 5.25. The molecule has 0 aliphatic heterocycles. The SMILES string of the molecule is Cc1ccc(OCCS(=O)(=O)C(C)(C)C)c(C=O)n1. The third kappa shape index (κ3) is 4.02. The number of aryl methyl sites for hydroxylation is 1. The molecule has 19 heavy (non-hydrogen) atoms. The maximum absolute atomic E-state index is 11.9. The molecular formula is C13H19NO4S. The van der Waals surface area contributed by atoms with Gasteiger partial charge in [-0.3, -0.25) is 4.79 Å². The lowest BCUT2D eigenvalue weighted by Crippen LogP contribution is -2.32. The minimum atomic E-state index is -3.23. The van der Waals surface area contributed by atoms with Gasteiger partial charge in [-0.1, -0.05) is 0 Å². The molecule has 1 heterocycles. The molecule has 1 rings (SSSR count). The normalized spacial score (nSPS) is 12.2. The van der Waals surface area contributed by atoms with Gasteiger partial charge in [0.2, 0.25) is 0 Å². The van der Waals surface area contributed by atoms with Crippen molar-refractivity contribution in [3.05, 3.63) is 23.5 Å². The van der Waals surface area contributed by atoms with Gasteiger partial charge in [0.15, 0.2) is 16.1 Å². The van der Waals surface area contributed by atoms with E-state index in [1.54, 1.807) is 39.8 Å². The summed E-state index contributed by atoms with van der Waals surface area (Å²) < 4.78 is 28.3. The molecule has 0 amide bonds. The molecule has 0 fully saturated rings. The van der Waals surface area contributed by atoms with Crippen molar-refractivity contribution in [2.24, 2.45) is 0 Å². The lowest BCUT2D eigenvalue weighted by atomic mass is 10.3. The van der Waals surface area contributed by atoms with Gasteiger partial charge in [-0.15, -0.1) is 0 Å². The fourth-order valence-electron chi connectivity index (χ4n) is 1.34. The number of nitrogens with zero attached hydrogens (tertiary/aromatic N) is 1. The zero-order valence-electron chi connectivity index (χ0n) is 11.6. The second-order valence-corrected chi connectivity index (χ2v) is 8.10. The van der Waals surface area contributed by atoms with Crippen LogP contribution in [0.4, 0.5) is 0 Å². The number of pyridine rings is 1. The fraction of sp³-hybridized carbons (Fsp3) is 0.538. The van der Waals surface area contributed by atoms with E-state index >= 15 is 0 Å². The van der Waals surface area contributed by atoms with Crippen molar-refractivity contribution in [2.75, 3.05) is 12.4 Å². The van der Waals surface area contributed by atoms with Crippen molar-refractivity contribution < 1.29 is 17.9 Å². The Labute approximate surface area is 113 Å². The number of aldehydes is 1. The first-order chi connectivity index (χ1) is 8.67. The van der Waals surface area contributed by atoms with Gasteiger partial charge in [0, 0.05) is 5.69 Å². The molecule has 0 aliphatic rings. The Balaban J connectivity index is 2.72. The van der Waals surface area contributed by atoms with Gasteiger partial charge in [0.05, 0.1) is 10.5 Å². The predicted molar refractivity (Wildman–Crippen MR) is 73.4 cm³/mol. The number of aromatic nitrogens is 1. The monoisotopic (exact) mass is 285 g/mol. The molecule has 0 bridgehead atoms. The Morgan fingerprint density at radius 2 is 1.95 bits per heavy atom. The third-order valence-electron chi connectivity index (χ3n) is 2.68. The summed E-state index contributed by atoms with van der Waals surface area (Å²) in [4.78, 5) is 14.9. The first-order valence-electron chi connectivity index (χ1n) is 5.95. The second-order valence-electron chi connectivity index (χ2n) is 5.23. The van der Waals surface area contributed by atoms with E-state index < -0.39 is 14.6 Å². The van der Waals surface area contributed by atoms with Crippen molar-refractivity contribution in [3.63, 3.8) is 0 Å². The highest BCUT2D eigenvalue weighted by molar-refractivity contribution is 7.92. The number of ether oxygens (including phenoxy) is 1. The molecule has 0 radical (unpaired) electrons. The zero-order valence-corrected chi connectivity index (χ0v) is 12.5. The van der Waals surface area contributed by atoms with Gasteiger partial charge in [-0.05, 0) is 39.8 Å². The Morgan fingerprint density at radius 3 is 2.47 bits per heavy atom. The van der Waals surface area contributed by atoms with E-state index in [1.165, 1.54) is 0 Å². The van der Waals surface area contributed by atoms with Gasteiger partial charge in [0.25, 0.3) is 0 Å². The van der Waals surface area contributed by atoms with E-state index in [9.17, 15) is 13.2 Å². The Bertz CT molecular complexity index is 558. The number of hydrogen-bond donors (Lipinski definition) is 0. The lowest BCUT2D eigenvalue weighted by molar-refractivity contribution is 0.111. The van der Waals surface area contributed by atoms with Gasteiger partial charge in [0.1, 0.15) is 18.1 Å². The van der Waals surface area contributed by atoms with Crippen LogP contribution in [0, 0.1) is 6.92 Å². The summed E-state index contributed by atoms with van der Waals surface area (Å²) in [6, 6.07) is 3.33. The van der Waals surface area contributed by atoms with Crippen LogP contribution in [0.2, 0.25) is 0 Å². The molecule has 1 aromatic rings. The van der Waals surface area contributed by atoms with Crippen LogP contribution in [-0.4, -0.2) is 36.8 Å². The fourth-order valence-corrected chi connectivity index (χ4v) is 2.25. The van der Waals surface area contributed by atoms with E-state index in [-0.39, 0.29) is 18.1 Å². The number of carbonyl (C=O) groups excluding carboxylic acids is 1. The average Bonchev–Trinajstić information content (AvgIpc) is 2.29. The minimum absolute atomic E-state index is 0.00514. The molecule has 0 aromatic carbocycles. The van der Waals surface area contributed by atoms with Crippen molar-refractivity contribution in [2.45, 2.75) is 32.4 Å². The first kappa shape index (κ1) is 15.6. The van der Waals surface area contributed by atoms with E-state index in [2.05, 4.69) is 4.98 Å². The van der Waals surface area contributed by atoms with Gasteiger partial charge >= 0.3 is 0 Å². The summed E-state index contributed by atoms with van der Waals surface area (Å²) in [5, 5.41) is 0. The highest BCUT2D eigenvalue weighted by atomic mass is 32.2. The van der Waals surface area contributed by atoms with Gasteiger partial charge in [-0.2, -0.15) is 0 Å². The van der Waals surface area contributed by atoms with Crippen LogP contribution in [0.25, 0.3) is 0 Å². The second kappa shape index (κ2) is 5.69. The largest absolute Gasteiger partial charge is 0.490 e. The summed E-state index contributed by atoms with van der Waals surface area (Å²) in [6.45, 7) is 6.71. The van der Waals surface area contributed by atoms with E-state index in [1.807, 2.05) is 0 Å². The maximum Gasteiger partial charge on any atom is 0.172 e. The Morgan fingerprint density at radius 1 is 1.32 bits per heavy atom. The number of carbonyl (C=O) groups is 1. The van der Waals surface area contributed by atoms with Crippen LogP contribution in [0.5, 0.6) is 5.75 Å². The average molecular weight is 285 g/mol. The lowest BCUT2D eigenvalue weighted by Gasteiger charge is -2.19. The number of hydrogen-bond acceptors (Lipinski definition) is 5. The summed E-state index contributed by atoms with van der Waals surface area (Å²) in [5.41, 5.74) is 0.893. The standard InChI is InChI=1S/C13H19NO4S/c1-10-5-6-12(11(9-15)14-10)18-7-8-19(16,17)13(2,3)4/h5-6,9H,7-8H2,1-4H3. The van der Waals surface area contributed by atoms with Crippen LogP contribution in [0.3, 0.4) is 0 Å². The molecule has 106 valence electrons. The first-order valence-corrected chi connectivity index (χ1v) is 7.60. The zero-order chi connectivity index (χ0) is 14.7. The van der Waals surface area contributed by atoms with E-state index in [0.717, 1.165) is 0 Å². The van der Waals surface area contributed by atoms with Gasteiger partial charge < -0.3 is 4.74 Å². The highest BCUT2D eigenvalue weighted by Gasteiger charge is 2.28. The molecule has 0 saturated heterocycles. The van der Waals surface area contributed by atoms with Crippen molar-refractivity contribution in [3.8, 4) is 5.75 Å². The molecule has 6 heteroatoms. The van der Waals surface area contributed by atoms with Crippen LogP contribution >= 0.6 is 0 Å². The molecule has 5 nitrogen and oxygen atoms in total.